The van der Waals surface area contributed by atoms with E-state index in [0.717, 1.165) is 0 Å². The van der Waals surface area contributed by atoms with Crippen molar-refractivity contribution in [3.8, 4) is 0 Å². The standard InChI is InChI=1S/C8H10BrClN2O2S/c1-2-11-15(13,14)12-7-5-3-4-6(10)8(7)9/h3-5,11-12H,2H2,1H3. The average Bonchev–Trinajstić information content (AvgIpc) is 2.12. The van der Waals surface area contributed by atoms with Crippen molar-refractivity contribution in [3.05, 3.63) is 27.7 Å². The molecule has 15 heavy (non-hydrogen) atoms. The van der Waals surface area contributed by atoms with Gasteiger partial charge >= 0.3 is 0 Å². The van der Waals surface area contributed by atoms with Gasteiger partial charge in [-0.3, -0.25) is 4.72 Å². The summed E-state index contributed by atoms with van der Waals surface area (Å²) >= 11 is 9.01. The predicted molar refractivity (Wildman–Crippen MR) is 65.4 cm³/mol. The fourth-order valence-electron chi connectivity index (χ4n) is 0.953. The number of rotatable bonds is 4. The molecule has 0 unspecified atom stereocenters. The van der Waals surface area contributed by atoms with E-state index in [1.165, 1.54) is 0 Å². The molecule has 7 heteroatoms. The lowest BCUT2D eigenvalue weighted by atomic mass is 10.3. The minimum Gasteiger partial charge on any atom is -0.270 e. The molecule has 84 valence electrons. The maximum absolute atomic E-state index is 11.4. The van der Waals surface area contributed by atoms with E-state index in [0.29, 0.717) is 21.7 Å². The Balaban J connectivity index is 2.95. The Morgan fingerprint density at radius 3 is 2.73 bits per heavy atom. The van der Waals surface area contributed by atoms with Crippen LogP contribution in [0.1, 0.15) is 6.92 Å². The molecule has 1 rings (SSSR count). The summed E-state index contributed by atoms with van der Waals surface area (Å²) in [5.74, 6) is 0. The Morgan fingerprint density at radius 2 is 2.13 bits per heavy atom. The van der Waals surface area contributed by atoms with Crippen LogP contribution in [-0.2, 0) is 10.2 Å². The summed E-state index contributed by atoms with van der Waals surface area (Å²) < 4.78 is 27.9. The quantitative estimate of drug-likeness (QED) is 0.896. The van der Waals surface area contributed by atoms with Crippen molar-refractivity contribution in [1.29, 1.82) is 0 Å². The first-order chi connectivity index (χ1) is 6.96. The Kier molecular flexibility index (Phi) is 4.39. The van der Waals surface area contributed by atoms with Crippen LogP contribution in [-0.4, -0.2) is 15.0 Å². The highest BCUT2D eigenvalue weighted by molar-refractivity contribution is 9.10. The first-order valence-electron chi connectivity index (χ1n) is 4.17. The van der Waals surface area contributed by atoms with E-state index < -0.39 is 10.2 Å². The minimum absolute atomic E-state index is 0.327. The third-order valence-electron chi connectivity index (χ3n) is 1.53. The van der Waals surface area contributed by atoms with Gasteiger partial charge in [0.25, 0.3) is 10.2 Å². The zero-order valence-corrected chi connectivity index (χ0v) is 11.1. The molecular formula is C8H10BrClN2O2S. The minimum atomic E-state index is -3.51. The normalized spacial score (nSPS) is 11.4. The van der Waals surface area contributed by atoms with Crippen molar-refractivity contribution < 1.29 is 8.42 Å². The largest absolute Gasteiger partial charge is 0.299 e. The first-order valence-corrected chi connectivity index (χ1v) is 6.83. The number of halogens is 2. The third-order valence-corrected chi connectivity index (χ3v) is 4.09. The highest BCUT2D eigenvalue weighted by Gasteiger charge is 2.11. The van der Waals surface area contributed by atoms with Gasteiger partial charge in [0, 0.05) is 6.54 Å². The van der Waals surface area contributed by atoms with E-state index in [9.17, 15) is 8.42 Å². The molecule has 0 aliphatic heterocycles. The Labute approximate surface area is 102 Å². The Hall–Kier alpha value is -0.300. The molecule has 4 nitrogen and oxygen atoms in total. The second-order valence-electron chi connectivity index (χ2n) is 2.70. The van der Waals surface area contributed by atoms with Gasteiger partial charge < -0.3 is 0 Å². The van der Waals surface area contributed by atoms with Gasteiger partial charge in [0.2, 0.25) is 0 Å². The van der Waals surface area contributed by atoms with Crippen molar-refractivity contribution in [2.45, 2.75) is 6.92 Å². The SMILES string of the molecule is CCNS(=O)(=O)Nc1cccc(Cl)c1Br. The summed E-state index contributed by atoms with van der Waals surface area (Å²) in [4.78, 5) is 0. The fourth-order valence-corrected chi connectivity index (χ4v) is 2.53. The summed E-state index contributed by atoms with van der Waals surface area (Å²) in [5, 5.41) is 0.451. The van der Waals surface area contributed by atoms with Crippen molar-refractivity contribution in [3.63, 3.8) is 0 Å². The van der Waals surface area contributed by atoms with Crippen molar-refractivity contribution in [1.82, 2.24) is 4.72 Å². The predicted octanol–water partition coefficient (Wildman–Crippen LogP) is 2.37. The van der Waals surface area contributed by atoms with E-state index >= 15 is 0 Å². The molecule has 0 heterocycles. The van der Waals surface area contributed by atoms with Crippen LogP contribution in [0.4, 0.5) is 5.69 Å². The Bertz CT molecular complexity index is 450. The molecular weight excluding hydrogens is 304 g/mol. The van der Waals surface area contributed by atoms with Gasteiger partial charge in [-0.1, -0.05) is 24.6 Å². The van der Waals surface area contributed by atoms with Crippen LogP contribution in [0.15, 0.2) is 22.7 Å². The molecule has 0 fully saturated rings. The summed E-state index contributed by atoms with van der Waals surface area (Å²) in [7, 11) is -3.51. The van der Waals surface area contributed by atoms with Gasteiger partial charge in [-0.25, -0.2) is 0 Å². The van der Waals surface area contributed by atoms with Gasteiger partial charge in [-0.2, -0.15) is 13.1 Å². The van der Waals surface area contributed by atoms with Gasteiger partial charge in [0.15, 0.2) is 0 Å². The van der Waals surface area contributed by atoms with Gasteiger partial charge in [-0.05, 0) is 28.1 Å². The number of benzene rings is 1. The highest BCUT2D eigenvalue weighted by atomic mass is 79.9. The molecule has 2 N–H and O–H groups in total. The third kappa shape index (κ3) is 3.64. The lowest BCUT2D eigenvalue weighted by molar-refractivity contribution is 0.589. The van der Waals surface area contributed by atoms with Crippen LogP contribution in [0.5, 0.6) is 0 Å². The lowest BCUT2D eigenvalue weighted by Gasteiger charge is -2.10. The molecule has 0 aliphatic carbocycles. The van der Waals surface area contributed by atoms with Gasteiger partial charge in [0.05, 0.1) is 15.2 Å². The summed E-state index contributed by atoms with van der Waals surface area (Å²) in [6.07, 6.45) is 0. The number of nitrogens with one attached hydrogen (secondary N) is 2. The van der Waals surface area contributed by atoms with Crippen LogP contribution in [0, 0.1) is 0 Å². The monoisotopic (exact) mass is 312 g/mol. The zero-order chi connectivity index (χ0) is 11.5. The molecule has 0 spiro atoms. The van der Waals surface area contributed by atoms with Crippen LogP contribution in [0.3, 0.4) is 0 Å². The second-order valence-corrected chi connectivity index (χ2v) is 5.40. The summed E-state index contributed by atoms with van der Waals surface area (Å²) in [6, 6.07) is 4.94. The van der Waals surface area contributed by atoms with Crippen molar-refractivity contribution in [2.75, 3.05) is 11.3 Å². The summed E-state index contributed by atoms with van der Waals surface area (Å²) in [6.45, 7) is 2.03. The van der Waals surface area contributed by atoms with E-state index in [4.69, 9.17) is 11.6 Å². The van der Waals surface area contributed by atoms with Crippen LogP contribution >= 0.6 is 27.5 Å². The second kappa shape index (κ2) is 5.16. The molecule has 0 saturated carbocycles. The fraction of sp³-hybridized carbons (Fsp3) is 0.250. The van der Waals surface area contributed by atoms with E-state index in [1.807, 2.05) is 0 Å². The van der Waals surface area contributed by atoms with E-state index in [-0.39, 0.29) is 0 Å². The van der Waals surface area contributed by atoms with Crippen LogP contribution < -0.4 is 9.44 Å². The average molecular weight is 314 g/mol. The van der Waals surface area contributed by atoms with E-state index in [2.05, 4.69) is 25.4 Å². The number of anilines is 1. The lowest BCUT2D eigenvalue weighted by Crippen LogP contribution is -2.29. The topological polar surface area (TPSA) is 58.2 Å². The van der Waals surface area contributed by atoms with Gasteiger partial charge in [-0.15, -0.1) is 0 Å². The van der Waals surface area contributed by atoms with Crippen molar-refractivity contribution >= 4 is 43.4 Å². The molecule has 0 amide bonds. The molecule has 0 atom stereocenters. The zero-order valence-electron chi connectivity index (χ0n) is 7.92. The molecule has 1 aromatic carbocycles. The maximum Gasteiger partial charge on any atom is 0.299 e. The molecule has 0 radical (unpaired) electrons. The molecule has 0 aromatic heterocycles. The summed E-state index contributed by atoms with van der Waals surface area (Å²) in [5.41, 5.74) is 0.406. The molecule has 0 aliphatic rings. The maximum atomic E-state index is 11.4. The van der Waals surface area contributed by atoms with E-state index in [1.54, 1.807) is 25.1 Å². The Morgan fingerprint density at radius 1 is 1.47 bits per heavy atom. The molecule has 1 aromatic rings. The van der Waals surface area contributed by atoms with Crippen LogP contribution in [0.25, 0.3) is 0 Å². The molecule has 0 saturated heterocycles. The number of hydrogen-bond acceptors (Lipinski definition) is 2. The highest BCUT2D eigenvalue weighted by Crippen LogP contribution is 2.30. The van der Waals surface area contributed by atoms with Gasteiger partial charge in [0.1, 0.15) is 0 Å². The van der Waals surface area contributed by atoms with Crippen LogP contribution in [0.2, 0.25) is 5.02 Å². The smallest absolute Gasteiger partial charge is 0.270 e. The molecule has 0 bridgehead atoms. The van der Waals surface area contributed by atoms with Crippen molar-refractivity contribution in [2.24, 2.45) is 0 Å². The first kappa shape index (κ1) is 12.8. The number of hydrogen-bond donors (Lipinski definition) is 2.